The molecule has 1 aliphatic heterocycles. The minimum absolute atomic E-state index is 0.0276. The number of nitrogen functional groups attached to an aromatic ring is 1. The Morgan fingerprint density at radius 3 is 2.57 bits per heavy atom. The van der Waals surface area contributed by atoms with Crippen molar-refractivity contribution in [3.63, 3.8) is 0 Å². The van der Waals surface area contributed by atoms with Crippen molar-refractivity contribution < 1.29 is 9.53 Å². The number of carbonyl (C=O) groups excluding carboxylic acids is 1. The van der Waals surface area contributed by atoms with Gasteiger partial charge in [0.05, 0.1) is 18.8 Å². The molecule has 1 aromatic rings. The highest BCUT2D eigenvalue weighted by atomic mass is 16.5. The minimum Gasteiger partial charge on any atom is -0.495 e. The summed E-state index contributed by atoms with van der Waals surface area (Å²) in [5.74, 6) is 1.84. The third-order valence-electron chi connectivity index (χ3n) is 4.42. The molecule has 0 radical (unpaired) electrons. The number of nitrogens with one attached hydrogen (secondary N) is 1. The molecule has 1 fully saturated rings. The fourth-order valence-corrected chi connectivity index (χ4v) is 2.72. The molecule has 0 aliphatic carbocycles. The number of methoxy groups -OCH3 is 1. The summed E-state index contributed by atoms with van der Waals surface area (Å²) < 4.78 is 5.26. The fraction of sp³-hybridized carbons (Fsp3) is 0.562. The first-order chi connectivity index (χ1) is 9.92. The standard InChI is InChI=1S/C16H25N3O2/c1-10-8-19(9-11(10)2)12(3)16(20)18-14-7-13(17)5-6-15(14)21-4/h5-7,10-12H,8-9,17H2,1-4H3,(H,18,20). The van der Waals surface area contributed by atoms with E-state index in [0.717, 1.165) is 13.1 Å². The molecule has 5 heteroatoms. The number of benzene rings is 1. The van der Waals surface area contributed by atoms with Crippen LogP contribution in [-0.4, -0.2) is 37.0 Å². The molecule has 1 amide bonds. The predicted molar refractivity (Wildman–Crippen MR) is 85.4 cm³/mol. The third kappa shape index (κ3) is 3.47. The van der Waals surface area contributed by atoms with Gasteiger partial charge in [-0.05, 0) is 37.0 Å². The lowest BCUT2D eigenvalue weighted by Crippen LogP contribution is -2.40. The van der Waals surface area contributed by atoms with Crippen LogP contribution in [0.25, 0.3) is 0 Å². The molecule has 1 aliphatic rings. The summed E-state index contributed by atoms with van der Waals surface area (Å²) in [6.45, 7) is 8.33. The smallest absolute Gasteiger partial charge is 0.241 e. The van der Waals surface area contributed by atoms with Gasteiger partial charge in [-0.3, -0.25) is 9.69 Å². The highest BCUT2D eigenvalue weighted by molar-refractivity contribution is 5.96. The number of hydrogen-bond acceptors (Lipinski definition) is 4. The Kier molecular flexibility index (Phi) is 4.73. The van der Waals surface area contributed by atoms with Gasteiger partial charge in [-0.1, -0.05) is 13.8 Å². The molecule has 0 bridgehead atoms. The van der Waals surface area contributed by atoms with Gasteiger partial charge in [-0.25, -0.2) is 0 Å². The van der Waals surface area contributed by atoms with E-state index in [1.54, 1.807) is 25.3 Å². The van der Waals surface area contributed by atoms with Crippen LogP contribution < -0.4 is 15.8 Å². The van der Waals surface area contributed by atoms with E-state index in [1.165, 1.54) is 0 Å². The van der Waals surface area contributed by atoms with Gasteiger partial charge in [0.2, 0.25) is 5.91 Å². The number of nitrogens with two attached hydrogens (primary N) is 1. The molecule has 1 saturated heterocycles. The van der Waals surface area contributed by atoms with E-state index in [0.29, 0.717) is 29.0 Å². The molecule has 116 valence electrons. The van der Waals surface area contributed by atoms with Crippen molar-refractivity contribution in [3.05, 3.63) is 18.2 Å². The lowest BCUT2D eigenvalue weighted by Gasteiger charge is -2.23. The number of nitrogens with zero attached hydrogens (tertiary/aromatic N) is 1. The Morgan fingerprint density at radius 2 is 2.00 bits per heavy atom. The zero-order valence-corrected chi connectivity index (χ0v) is 13.2. The van der Waals surface area contributed by atoms with Gasteiger partial charge in [0.15, 0.2) is 0 Å². The van der Waals surface area contributed by atoms with Gasteiger partial charge in [0.25, 0.3) is 0 Å². The van der Waals surface area contributed by atoms with Crippen LogP contribution in [0.15, 0.2) is 18.2 Å². The lowest BCUT2D eigenvalue weighted by atomic mass is 10.0. The summed E-state index contributed by atoms with van der Waals surface area (Å²) in [6.07, 6.45) is 0. The van der Waals surface area contributed by atoms with E-state index in [1.807, 2.05) is 6.92 Å². The van der Waals surface area contributed by atoms with Crippen molar-refractivity contribution >= 4 is 17.3 Å². The number of carbonyl (C=O) groups is 1. The molecular formula is C16H25N3O2. The van der Waals surface area contributed by atoms with Crippen LogP contribution in [-0.2, 0) is 4.79 Å². The summed E-state index contributed by atoms with van der Waals surface area (Å²) in [5, 5.41) is 2.92. The Morgan fingerprint density at radius 1 is 1.38 bits per heavy atom. The number of hydrogen-bond donors (Lipinski definition) is 2. The van der Waals surface area contributed by atoms with E-state index in [2.05, 4.69) is 24.1 Å². The van der Waals surface area contributed by atoms with Gasteiger partial charge in [0.1, 0.15) is 5.75 Å². The van der Waals surface area contributed by atoms with Crippen molar-refractivity contribution in [1.82, 2.24) is 4.90 Å². The highest BCUT2D eigenvalue weighted by Crippen LogP contribution is 2.28. The van der Waals surface area contributed by atoms with Crippen molar-refractivity contribution in [2.24, 2.45) is 11.8 Å². The molecule has 3 unspecified atom stereocenters. The van der Waals surface area contributed by atoms with E-state index < -0.39 is 0 Å². The highest BCUT2D eigenvalue weighted by Gasteiger charge is 2.32. The number of anilines is 2. The average molecular weight is 291 g/mol. The van der Waals surface area contributed by atoms with Crippen molar-refractivity contribution in [3.8, 4) is 5.75 Å². The maximum atomic E-state index is 12.4. The molecular weight excluding hydrogens is 266 g/mol. The molecule has 3 N–H and O–H groups in total. The van der Waals surface area contributed by atoms with Crippen LogP contribution in [0.1, 0.15) is 20.8 Å². The van der Waals surface area contributed by atoms with Gasteiger partial charge < -0.3 is 15.8 Å². The van der Waals surface area contributed by atoms with Crippen LogP contribution >= 0.6 is 0 Å². The van der Waals surface area contributed by atoms with Gasteiger partial charge in [-0.15, -0.1) is 0 Å². The number of rotatable bonds is 4. The monoisotopic (exact) mass is 291 g/mol. The van der Waals surface area contributed by atoms with Crippen LogP contribution in [0.2, 0.25) is 0 Å². The Labute approximate surface area is 126 Å². The number of ether oxygens (including phenoxy) is 1. The first-order valence-corrected chi connectivity index (χ1v) is 7.40. The minimum atomic E-state index is -0.163. The zero-order valence-electron chi connectivity index (χ0n) is 13.2. The fourth-order valence-electron chi connectivity index (χ4n) is 2.72. The van der Waals surface area contributed by atoms with Crippen molar-refractivity contribution in [2.75, 3.05) is 31.2 Å². The molecule has 5 nitrogen and oxygen atoms in total. The largest absolute Gasteiger partial charge is 0.495 e. The molecule has 3 atom stereocenters. The summed E-state index contributed by atoms with van der Waals surface area (Å²) >= 11 is 0. The van der Waals surface area contributed by atoms with Crippen molar-refractivity contribution in [2.45, 2.75) is 26.8 Å². The van der Waals surface area contributed by atoms with E-state index in [9.17, 15) is 4.79 Å². The third-order valence-corrected chi connectivity index (χ3v) is 4.42. The maximum absolute atomic E-state index is 12.4. The molecule has 1 aromatic carbocycles. The van der Waals surface area contributed by atoms with Crippen LogP contribution in [0.3, 0.4) is 0 Å². The summed E-state index contributed by atoms with van der Waals surface area (Å²) in [5.41, 5.74) is 6.99. The molecule has 2 rings (SSSR count). The van der Waals surface area contributed by atoms with Crippen LogP contribution in [0, 0.1) is 11.8 Å². The quantitative estimate of drug-likeness (QED) is 0.835. The molecule has 1 heterocycles. The SMILES string of the molecule is COc1ccc(N)cc1NC(=O)C(C)N1CC(C)C(C)C1. The summed E-state index contributed by atoms with van der Waals surface area (Å²) in [4.78, 5) is 14.7. The average Bonchev–Trinajstić information content (AvgIpc) is 2.78. The van der Waals surface area contributed by atoms with Gasteiger partial charge >= 0.3 is 0 Å². The normalized spacial score (nSPS) is 23.8. The Balaban J connectivity index is 2.06. The Bertz CT molecular complexity index is 508. The van der Waals surface area contributed by atoms with Crippen LogP contribution in [0.4, 0.5) is 11.4 Å². The van der Waals surface area contributed by atoms with E-state index in [-0.39, 0.29) is 11.9 Å². The predicted octanol–water partition coefficient (Wildman–Crippen LogP) is 2.19. The van der Waals surface area contributed by atoms with Crippen molar-refractivity contribution in [1.29, 1.82) is 0 Å². The first kappa shape index (κ1) is 15.6. The topological polar surface area (TPSA) is 67.6 Å². The van der Waals surface area contributed by atoms with E-state index >= 15 is 0 Å². The molecule has 0 aromatic heterocycles. The zero-order chi connectivity index (χ0) is 15.6. The summed E-state index contributed by atoms with van der Waals surface area (Å²) in [6, 6.07) is 5.07. The van der Waals surface area contributed by atoms with Gasteiger partial charge in [0, 0.05) is 18.8 Å². The Hall–Kier alpha value is -1.75. The van der Waals surface area contributed by atoms with E-state index in [4.69, 9.17) is 10.5 Å². The lowest BCUT2D eigenvalue weighted by molar-refractivity contribution is -0.120. The molecule has 0 saturated carbocycles. The maximum Gasteiger partial charge on any atom is 0.241 e. The second-order valence-electron chi connectivity index (χ2n) is 6.03. The van der Waals surface area contributed by atoms with Gasteiger partial charge in [-0.2, -0.15) is 0 Å². The number of likely N-dealkylation sites (tertiary alicyclic amines) is 1. The first-order valence-electron chi connectivity index (χ1n) is 7.40. The second-order valence-corrected chi connectivity index (χ2v) is 6.03. The second kappa shape index (κ2) is 6.35. The molecule has 0 spiro atoms. The van der Waals surface area contributed by atoms with Crippen LogP contribution in [0.5, 0.6) is 5.75 Å². The summed E-state index contributed by atoms with van der Waals surface area (Å²) in [7, 11) is 1.58. The number of amides is 1. The molecule has 21 heavy (non-hydrogen) atoms.